The third kappa shape index (κ3) is 2.26. The average molecular weight is 204 g/mol. The minimum Gasteiger partial charge on any atom is -0.378 e. The lowest BCUT2D eigenvalue weighted by Crippen LogP contribution is -2.14. The Morgan fingerprint density at radius 1 is 1.33 bits per heavy atom. The van der Waals surface area contributed by atoms with Gasteiger partial charge in [-0.05, 0) is 20.3 Å². The monoisotopic (exact) mass is 204 g/mol. The van der Waals surface area contributed by atoms with Gasteiger partial charge in [0.15, 0.2) is 5.78 Å². The van der Waals surface area contributed by atoms with E-state index in [1.165, 1.54) is 5.56 Å². The van der Waals surface area contributed by atoms with Crippen LogP contribution in [0.1, 0.15) is 29.3 Å². The molecule has 80 valence electrons. The molecule has 0 spiro atoms. The van der Waals surface area contributed by atoms with Crippen LogP contribution in [0.2, 0.25) is 0 Å². The van der Waals surface area contributed by atoms with Crippen molar-refractivity contribution in [2.75, 3.05) is 6.61 Å². The van der Waals surface area contributed by atoms with E-state index in [0.717, 1.165) is 12.0 Å². The van der Waals surface area contributed by atoms with Crippen LogP contribution >= 0.6 is 0 Å². The van der Waals surface area contributed by atoms with E-state index in [4.69, 9.17) is 4.74 Å². The number of benzene rings is 1. The number of rotatable bonds is 2. The first-order valence-corrected chi connectivity index (χ1v) is 5.39. The summed E-state index contributed by atoms with van der Waals surface area (Å²) in [5, 5.41) is 0. The van der Waals surface area contributed by atoms with Gasteiger partial charge in [-0.25, -0.2) is 0 Å². The maximum absolute atomic E-state index is 12.0. The Morgan fingerprint density at radius 2 is 2.00 bits per heavy atom. The second kappa shape index (κ2) is 4.15. The highest BCUT2D eigenvalue weighted by molar-refractivity contribution is 5.98. The first-order valence-electron chi connectivity index (χ1n) is 5.39. The first kappa shape index (κ1) is 10.4. The van der Waals surface area contributed by atoms with E-state index >= 15 is 0 Å². The summed E-state index contributed by atoms with van der Waals surface area (Å²) in [4.78, 5) is 12.0. The first-order chi connectivity index (χ1) is 7.16. The van der Waals surface area contributed by atoms with Gasteiger partial charge in [-0.1, -0.05) is 29.8 Å². The molecule has 0 N–H and O–H groups in total. The lowest BCUT2D eigenvalue weighted by molar-refractivity contribution is 0.0877. The van der Waals surface area contributed by atoms with Gasteiger partial charge >= 0.3 is 0 Å². The van der Waals surface area contributed by atoms with Crippen LogP contribution in [0.3, 0.4) is 0 Å². The van der Waals surface area contributed by atoms with Gasteiger partial charge in [0, 0.05) is 11.5 Å². The summed E-state index contributed by atoms with van der Waals surface area (Å²) in [5.41, 5.74) is 1.99. The molecule has 0 radical (unpaired) electrons. The summed E-state index contributed by atoms with van der Waals surface area (Å²) in [6.07, 6.45) is 1.08. The van der Waals surface area contributed by atoms with Crippen molar-refractivity contribution in [3.05, 3.63) is 35.4 Å². The van der Waals surface area contributed by atoms with E-state index in [2.05, 4.69) is 0 Å². The number of hydrogen-bond acceptors (Lipinski definition) is 2. The van der Waals surface area contributed by atoms with Crippen LogP contribution in [0.5, 0.6) is 0 Å². The highest BCUT2D eigenvalue weighted by atomic mass is 16.5. The number of Topliss-reactive ketones (excluding diaryl/α,β-unsaturated/α-hetero) is 1. The van der Waals surface area contributed by atoms with Gasteiger partial charge in [-0.15, -0.1) is 0 Å². The van der Waals surface area contributed by atoms with Crippen molar-refractivity contribution in [2.45, 2.75) is 26.4 Å². The van der Waals surface area contributed by atoms with E-state index < -0.39 is 0 Å². The maximum Gasteiger partial charge on any atom is 0.168 e. The molecular formula is C13H16O2. The molecule has 1 heterocycles. The smallest absolute Gasteiger partial charge is 0.168 e. The zero-order chi connectivity index (χ0) is 10.8. The molecule has 2 rings (SSSR count). The quantitative estimate of drug-likeness (QED) is 0.692. The zero-order valence-electron chi connectivity index (χ0n) is 9.19. The fourth-order valence-electron chi connectivity index (χ4n) is 1.95. The lowest BCUT2D eigenvalue weighted by Gasteiger charge is -2.06. The lowest BCUT2D eigenvalue weighted by atomic mass is 9.95. The number of hydrogen-bond donors (Lipinski definition) is 0. The Bertz CT molecular complexity index is 353. The van der Waals surface area contributed by atoms with Crippen LogP contribution in [0.15, 0.2) is 24.3 Å². The molecule has 0 saturated carbocycles. The Morgan fingerprint density at radius 3 is 2.53 bits per heavy atom. The average Bonchev–Trinajstić information content (AvgIpc) is 2.65. The number of ether oxygens (including phenoxy) is 1. The topological polar surface area (TPSA) is 26.3 Å². The van der Waals surface area contributed by atoms with Crippen LogP contribution in [0, 0.1) is 12.8 Å². The molecule has 2 unspecified atom stereocenters. The zero-order valence-corrected chi connectivity index (χ0v) is 9.19. The largest absolute Gasteiger partial charge is 0.378 e. The molecule has 15 heavy (non-hydrogen) atoms. The van der Waals surface area contributed by atoms with Gasteiger partial charge in [0.05, 0.1) is 12.7 Å². The second-order valence-corrected chi connectivity index (χ2v) is 4.31. The molecule has 2 atom stereocenters. The predicted molar refractivity (Wildman–Crippen MR) is 59.0 cm³/mol. The van der Waals surface area contributed by atoms with Crippen molar-refractivity contribution in [3.8, 4) is 0 Å². The minimum absolute atomic E-state index is 0.0581. The summed E-state index contributed by atoms with van der Waals surface area (Å²) in [6.45, 7) is 4.62. The number of aryl methyl sites for hydroxylation is 1. The Balaban J connectivity index is 2.11. The van der Waals surface area contributed by atoms with Gasteiger partial charge in [0.1, 0.15) is 0 Å². The molecule has 1 aliphatic rings. The summed E-state index contributed by atoms with van der Waals surface area (Å²) in [5.74, 6) is 0.280. The van der Waals surface area contributed by atoms with Gasteiger partial charge in [0.25, 0.3) is 0 Å². The van der Waals surface area contributed by atoms with Crippen LogP contribution in [-0.4, -0.2) is 18.5 Å². The van der Waals surface area contributed by atoms with Crippen molar-refractivity contribution in [2.24, 2.45) is 5.92 Å². The van der Waals surface area contributed by atoms with Crippen molar-refractivity contribution < 1.29 is 9.53 Å². The third-order valence-corrected chi connectivity index (χ3v) is 2.91. The molecule has 0 aliphatic carbocycles. The number of ketones is 1. The van der Waals surface area contributed by atoms with Gasteiger partial charge in [-0.2, -0.15) is 0 Å². The molecule has 1 aromatic rings. The number of carbonyl (C=O) groups excluding carboxylic acids is 1. The molecule has 1 saturated heterocycles. The molecule has 2 heteroatoms. The van der Waals surface area contributed by atoms with Gasteiger partial charge in [0.2, 0.25) is 0 Å². The normalized spacial score (nSPS) is 25.5. The molecule has 1 fully saturated rings. The van der Waals surface area contributed by atoms with E-state index in [1.807, 2.05) is 38.1 Å². The van der Waals surface area contributed by atoms with E-state index in [0.29, 0.717) is 6.61 Å². The molecule has 0 bridgehead atoms. The van der Waals surface area contributed by atoms with Crippen LogP contribution in [0.25, 0.3) is 0 Å². The fourth-order valence-corrected chi connectivity index (χ4v) is 1.95. The van der Waals surface area contributed by atoms with Crippen molar-refractivity contribution in [1.29, 1.82) is 0 Å². The summed E-state index contributed by atoms with van der Waals surface area (Å²) in [7, 11) is 0. The van der Waals surface area contributed by atoms with Crippen molar-refractivity contribution in [1.82, 2.24) is 0 Å². The van der Waals surface area contributed by atoms with Crippen molar-refractivity contribution >= 4 is 5.78 Å². The summed E-state index contributed by atoms with van der Waals surface area (Å²) >= 11 is 0. The van der Waals surface area contributed by atoms with E-state index in [1.54, 1.807) is 0 Å². The third-order valence-electron chi connectivity index (χ3n) is 2.91. The SMILES string of the molecule is Cc1ccc(C(=O)C2COC(C)C2)cc1. The summed E-state index contributed by atoms with van der Waals surface area (Å²) in [6, 6.07) is 7.76. The van der Waals surface area contributed by atoms with Crippen LogP contribution < -0.4 is 0 Å². The Hall–Kier alpha value is -1.15. The fraction of sp³-hybridized carbons (Fsp3) is 0.462. The molecule has 1 aliphatic heterocycles. The molecule has 0 amide bonds. The van der Waals surface area contributed by atoms with E-state index in [-0.39, 0.29) is 17.8 Å². The minimum atomic E-state index is 0.0581. The maximum atomic E-state index is 12.0. The summed E-state index contributed by atoms with van der Waals surface area (Å²) < 4.78 is 5.41. The number of carbonyl (C=O) groups is 1. The predicted octanol–water partition coefficient (Wildman–Crippen LogP) is 2.60. The van der Waals surface area contributed by atoms with Crippen LogP contribution in [-0.2, 0) is 4.74 Å². The second-order valence-electron chi connectivity index (χ2n) is 4.31. The van der Waals surface area contributed by atoms with E-state index in [9.17, 15) is 4.79 Å². The highest BCUT2D eigenvalue weighted by Crippen LogP contribution is 2.23. The van der Waals surface area contributed by atoms with Gasteiger partial charge in [-0.3, -0.25) is 4.79 Å². The molecule has 2 nitrogen and oxygen atoms in total. The molecular weight excluding hydrogens is 188 g/mol. The molecule has 1 aromatic carbocycles. The standard InChI is InChI=1S/C13H16O2/c1-9-3-5-11(6-4-9)13(14)12-7-10(2)15-8-12/h3-6,10,12H,7-8H2,1-2H3. The Kier molecular flexibility index (Phi) is 2.87. The van der Waals surface area contributed by atoms with Crippen LogP contribution in [0.4, 0.5) is 0 Å². The molecule has 0 aromatic heterocycles. The highest BCUT2D eigenvalue weighted by Gasteiger charge is 2.28. The van der Waals surface area contributed by atoms with Crippen molar-refractivity contribution in [3.63, 3.8) is 0 Å². The van der Waals surface area contributed by atoms with Gasteiger partial charge < -0.3 is 4.74 Å². The Labute approximate surface area is 90.3 Å².